The van der Waals surface area contributed by atoms with Gasteiger partial charge in [-0.15, -0.1) is 23.1 Å². The molecule has 0 saturated carbocycles. The summed E-state index contributed by atoms with van der Waals surface area (Å²) < 4.78 is 12.9. The minimum atomic E-state index is -0.377. The van der Waals surface area contributed by atoms with Gasteiger partial charge in [-0.05, 0) is 36.8 Å². The number of nitrogens with zero attached hydrogens (tertiary/aromatic N) is 1. The minimum absolute atomic E-state index is 0.0851. The Labute approximate surface area is 199 Å². The van der Waals surface area contributed by atoms with Gasteiger partial charge in [-0.3, -0.25) is 14.4 Å². The lowest BCUT2D eigenvalue weighted by Gasteiger charge is -2.13. The molecule has 0 bridgehead atoms. The van der Waals surface area contributed by atoms with Crippen molar-refractivity contribution in [1.29, 1.82) is 0 Å². The summed E-state index contributed by atoms with van der Waals surface area (Å²) in [6, 6.07) is 13.1. The highest BCUT2D eigenvalue weighted by atomic mass is 32.2. The Balaban J connectivity index is 1.45. The van der Waals surface area contributed by atoms with E-state index >= 15 is 0 Å². The molecule has 3 rings (SSSR count). The van der Waals surface area contributed by atoms with Crippen molar-refractivity contribution in [2.75, 3.05) is 22.1 Å². The molecule has 33 heavy (non-hydrogen) atoms. The van der Waals surface area contributed by atoms with Gasteiger partial charge in [-0.25, -0.2) is 9.37 Å². The van der Waals surface area contributed by atoms with E-state index in [1.54, 1.807) is 0 Å². The summed E-state index contributed by atoms with van der Waals surface area (Å²) in [6.45, 7) is 3.40. The molecular weight excluding hydrogens is 463 g/mol. The first kappa shape index (κ1) is 24.4. The average molecular weight is 487 g/mol. The van der Waals surface area contributed by atoms with E-state index in [-0.39, 0.29) is 41.1 Å². The third kappa shape index (κ3) is 7.69. The van der Waals surface area contributed by atoms with E-state index in [1.807, 2.05) is 36.6 Å². The van der Waals surface area contributed by atoms with Crippen LogP contribution in [0.5, 0.6) is 0 Å². The lowest BCUT2D eigenvalue weighted by atomic mass is 10.1. The zero-order valence-corrected chi connectivity index (χ0v) is 19.7. The predicted octanol–water partition coefficient (Wildman–Crippen LogP) is 4.46. The Morgan fingerprint density at radius 1 is 1.00 bits per heavy atom. The number of anilines is 2. The number of thiazole rings is 1. The first-order valence-electron chi connectivity index (χ1n) is 10.1. The fraction of sp³-hybridized carbons (Fsp3) is 0.217. The van der Waals surface area contributed by atoms with E-state index in [1.165, 1.54) is 54.3 Å². The summed E-state index contributed by atoms with van der Waals surface area (Å²) >= 11 is 2.49. The Kier molecular flexibility index (Phi) is 8.56. The molecule has 3 N–H and O–H groups in total. The van der Waals surface area contributed by atoms with Crippen molar-refractivity contribution in [1.82, 2.24) is 10.3 Å². The number of rotatable bonds is 9. The lowest BCUT2D eigenvalue weighted by Crippen LogP contribution is -2.23. The molecule has 7 nitrogen and oxygen atoms in total. The van der Waals surface area contributed by atoms with E-state index in [9.17, 15) is 18.8 Å². The van der Waals surface area contributed by atoms with Crippen molar-refractivity contribution in [2.24, 2.45) is 0 Å². The lowest BCUT2D eigenvalue weighted by molar-refractivity contribution is -0.119. The number of carbonyl (C=O) groups excluding carboxylic acids is 3. The molecule has 0 spiro atoms. The number of nitrogens with one attached hydrogen (secondary N) is 3. The second kappa shape index (κ2) is 11.6. The number of hydrogen-bond acceptors (Lipinski definition) is 6. The van der Waals surface area contributed by atoms with E-state index in [0.29, 0.717) is 10.8 Å². The molecule has 3 aromatic rings. The fourth-order valence-corrected chi connectivity index (χ4v) is 4.27. The first-order valence-corrected chi connectivity index (χ1v) is 12.1. The monoisotopic (exact) mass is 486 g/mol. The molecule has 0 aliphatic heterocycles. The third-order valence-corrected chi connectivity index (χ3v) is 6.16. The summed E-state index contributed by atoms with van der Waals surface area (Å²) in [4.78, 5) is 39.7. The largest absolute Gasteiger partial charge is 0.350 e. The van der Waals surface area contributed by atoms with Crippen molar-refractivity contribution in [2.45, 2.75) is 19.9 Å². The molecule has 10 heteroatoms. The van der Waals surface area contributed by atoms with E-state index < -0.39 is 0 Å². The predicted molar refractivity (Wildman–Crippen MR) is 131 cm³/mol. The molecule has 0 aliphatic carbocycles. The quantitative estimate of drug-likeness (QED) is 0.415. The minimum Gasteiger partial charge on any atom is -0.350 e. The third-order valence-electron chi connectivity index (χ3n) is 4.47. The molecular formula is C23H23FN4O3S2. The van der Waals surface area contributed by atoms with Gasteiger partial charge < -0.3 is 16.0 Å². The van der Waals surface area contributed by atoms with Crippen LogP contribution in [-0.4, -0.2) is 34.2 Å². The topological polar surface area (TPSA) is 100 Å². The summed E-state index contributed by atoms with van der Waals surface area (Å²) in [5.41, 5.74) is 3.12. The second-order valence-electron chi connectivity index (χ2n) is 7.18. The van der Waals surface area contributed by atoms with Gasteiger partial charge in [-0.2, -0.15) is 0 Å². The van der Waals surface area contributed by atoms with E-state index in [2.05, 4.69) is 20.9 Å². The van der Waals surface area contributed by atoms with Crippen LogP contribution in [0.1, 0.15) is 25.5 Å². The molecule has 0 saturated heterocycles. The van der Waals surface area contributed by atoms with Gasteiger partial charge in [0, 0.05) is 23.6 Å². The van der Waals surface area contributed by atoms with Gasteiger partial charge in [-0.1, -0.05) is 24.3 Å². The van der Waals surface area contributed by atoms with Crippen LogP contribution in [0.3, 0.4) is 0 Å². The molecule has 3 amide bonds. The van der Waals surface area contributed by atoms with Gasteiger partial charge in [0.25, 0.3) is 0 Å². The highest BCUT2D eigenvalue weighted by molar-refractivity contribution is 8.00. The van der Waals surface area contributed by atoms with Crippen molar-refractivity contribution >= 4 is 51.6 Å². The molecule has 1 unspecified atom stereocenters. The summed E-state index contributed by atoms with van der Waals surface area (Å²) in [7, 11) is 0. The number of aromatic nitrogens is 1. The maximum absolute atomic E-state index is 12.9. The van der Waals surface area contributed by atoms with E-state index in [0.717, 1.165) is 16.8 Å². The zero-order valence-electron chi connectivity index (χ0n) is 18.1. The maximum atomic E-state index is 12.9. The average Bonchev–Trinajstić information content (AvgIpc) is 3.23. The summed E-state index contributed by atoms with van der Waals surface area (Å²) in [5.74, 6) is -0.795. The van der Waals surface area contributed by atoms with Gasteiger partial charge in [0.15, 0.2) is 5.13 Å². The highest BCUT2D eigenvalue weighted by Gasteiger charge is 2.11. The SMILES string of the molecule is CC(=O)NC(C)c1ccc(-c2csc(NC(=O)CSCC(=O)Nc3ccc(F)cc3)n2)cc1. The van der Waals surface area contributed by atoms with Crippen LogP contribution in [0, 0.1) is 5.82 Å². The van der Waals surface area contributed by atoms with Crippen LogP contribution in [0.4, 0.5) is 15.2 Å². The molecule has 1 heterocycles. The number of halogens is 1. The van der Waals surface area contributed by atoms with Crippen LogP contribution in [-0.2, 0) is 14.4 Å². The molecule has 1 aromatic heterocycles. The van der Waals surface area contributed by atoms with Crippen LogP contribution >= 0.6 is 23.1 Å². The molecule has 0 fully saturated rings. The Morgan fingerprint density at radius 2 is 1.64 bits per heavy atom. The molecule has 1 atom stereocenters. The number of thioether (sulfide) groups is 1. The molecule has 2 aromatic carbocycles. The normalized spacial score (nSPS) is 11.5. The Hall–Kier alpha value is -3.24. The first-order chi connectivity index (χ1) is 15.8. The molecule has 172 valence electrons. The Morgan fingerprint density at radius 3 is 2.27 bits per heavy atom. The zero-order chi connectivity index (χ0) is 23.8. The summed E-state index contributed by atoms with van der Waals surface area (Å²) in [6.07, 6.45) is 0. The Bertz CT molecular complexity index is 1120. The number of benzene rings is 2. The number of hydrogen-bond donors (Lipinski definition) is 3. The smallest absolute Gasteiger partial charge is 0.236 e. The maximum Gasteiger partial charge on any atom is 0.236 e. The fourth-order valence-electron chi connectivity index (χ4n) is 2.92. The van der Waals surface area contributed by atoms with Crippen LogP contribution < -0.4 is 16.0 Å². The van der Waals surface area contributed by atoms with Crippen LogP contribution in [0.15, 0.2) is 53.9 Å². The van der Waals surface area contributed by atoms with Crippen molar-refractivity contribution < 1.29 is 18.8 Å². The van der Waals surface area contributed by atoms with E-state index in [4.69, 9.17) is 0 Å². The molecule has 0 aliphatic rings. The van der Waals surface area contributed by atoms with Crippen molar-refractivity contribution in [3.05, 3.63) is 65.3 Å². The summed E-state index contributed by atoms with van der Waals surface area (Å²) in [5, 5.41) is 10.6. The van der Waals surface area contributed by atoms with Gasteiger partial charge in [0.1, 0.15) is 5.82 Å². The van der Waals surface area contributed by atoms with Gasteiger partial charge in [0.2, 0.25) is 17.7 Å². The van der Waals surface area contributed by atoms with Crippen LogP contribution in [0.2, 0.25) is 0 Å². The van der Waals surface area contributed by atoms with Crippen molar-refractivity contribution in [3.8, 4) is 11.3 Å². The van der Waals surface area contributed by atoms with Gasteiger partial charge in [0.05, 0.1) is 23.2 Å². The van der Waals surface area contributed by atoms with Crippen molar-refractivity contribution in [3.63, 3.8) is 0 Å². The second-order valence-corrected chi connectivity index (χ2v) is 9.02. The van der Waals surface area contributed by atoms with Gasteiger partial charge >= 0.3 is 0 Å². The number of amides is 3. The number of carbonyl (C=O) groups is 3. The van der Waals surface area contributed by atoms with Crippen LogP contribution in [0.25, 0.3) is 11.3 Å². The standard InChI is InChI=1S/C23H23FN4O3S2/c1-14(25-15(2)29)16-3-5-17(6-4-16)20-11-33-23(27-20)28-22(31)13-32-12-21(30)26-19-9-7-18(24)8-10-19/h3-11,14H,12-13H2,1-2H3,(H,25,29)(H,26,30)(H,27,28,31). The highest BCUT2D eigenvalue weighted by Crippen LogP contribution is 2.26. The molecule has 0 radical (unpaired) electrons.